The number of rotatable bonds is 2. The molecule has 0 aliphatic heterocycles. The zero-order chi connectivity index (χ0) is 14.3. The van der Waals surface area contributed by atoms with Crippen molar-refractivity contribution in [3.63, 3.8) is 0 Å². The van der Waals surface area contributed by atoms with Gasteiger partial charge in [-0.25, -0.2) is 0 Å². The lowest BCUT2D eigenvalue weighted by atomic mass is 10.1. The summed E-state index contributed by atoms with van der Waals surface area (Å²) in [6, 6.07) is 7.71. The van der Waals surface area contributed by atoms with Crippen LogP contribution in [0.2, 0.25) is 0 Å². The van der Waals surface area contributed by atoms with E-state index in [1.165, 1.54) is 11.3 Å². The van der Waals surface area contributed by atoms with Crippen LogP contribution >= 0.6 is 11.3 Å². The van der Waals surface area contributed by atoms with Crippen LogP contribution in [0.15, 0.2) is 17.5 Å². The summed E-state index contributed by atoms with van der Waals surface area (Å²) < 4.78 is 5.31. The van der Waals surface area contributed by atoms with E-state index >= 15 is 0 Å². The molecule has 1 saturated carbocycles. The maximum absolute atomic E-state index is 12.1. The number of carbonyl (C=O) groups is 1. The van der Waals surface area contributed by atoms with Crippen molar-refractivity contribution in [2.75, 3.05) is 0 Å². The quantitative estimate of drug-likeness (QED) is 0.777. The SMILES string of the molecule is CC(C)(C)OC(=O)[C@@H]1[C@@H](c2cccs2)C1(C#N)C#N. The predicted octanol–water partition coefficient (Wildman–Crippen LogP) is 2.84. The molecule has 1 aliphatic rings. The van der Waals surface area contributed by atoms with Gasteiger partial charge in [0.05, 0.1) is 18.1 Å². The van der Waals surface area contributed by atoms with E-state index in [4.69, 9.17) is 4.74 Å². The molecule has 0 N–H and O–H groups in total. The summed E-state index contributed by atoms with van der Waals surface area (Å²) in [6.45, 7) is 5.32. The zero-order valence-electron chi connectivity index (χ0n) is 11.0. The molecular formula is C14H14N2O2S. The number of nitriles is 2. The Morgan fingerprint density at radius 2 is 2.05 bits per heavy atom. The second kappa shape index (κ2) is 4.36. The van der Waals surface area contributed by atoms with E-state index in [1.807, 2.05) is 29.7 Å². The third-order valence-electron chi connectivity index (χ3n) is 3.09. The lowest BCUT2D eigenvalue weighted by molar-refractivity contribution is -0.157. The molecule has 0 bridgehead atoms. The number of esters is 1. The summed E-state index contributed by atoms with van der Waals surface area (Å²) in [7, 11) is 0. The van der Waals surface area contributed by atoms with Crippen LogP contribution in [0.4, 0.5) is 0 Å². The number of carbonyl (C=O) groups excluding carboxylic acids is 1. The first-order valence-electron chi connectivity index (χ1n) is 5.94. The summed E-state index contributed by atoms with van der Waals surface area (Å²) in [5.41, 5.74) is -1.89. The molecule has 98 valence electrons. The van der Waals surface area contributed by atoms with E-state index in [-0.39, 0.29) is 5.92 Å². The van der Waals surface area contributed by atoms with Crippen LogP contribution < -0.4 is 0 Å². The van der Waals surface area contributed by atoms with Crippen LogP contribution in [0.25, 0.3) is 0 Å². The van der Waals surface area contributed by atoms with Crippen molar-refractivity contribution in [3.8, 4) is 12.1 Å². The molecule has 1 aliphatic carbocycles. The van der Waals surface area contributed by atoms with Gasteiger partial charge in [-0.2, -0.15) is 10.5 Å². The van der Waals surface area contributed by atoms with Crippen LogP contribution in [0.5, 0.6) is 0 Å². The highest BCUT2D eigenvalue weighted by Gasteiger charge is 2.72. The Bertz CT molecular complexity index is 558. The molecule has 0 radical (unpaired) electrons. The molecule has 2 atom stereocenters. The van der Waals surface area contributed by atoms with Crippen molar-refractivity contribution in [1.82, 2.24) is 0 Å². The van der Waals surface area contributed by atoms with Crippen LogP contribution in [-0.4, -0.2) is 11.6 Å². The van der Waals surface area contributed by atoms with Gasteiger partial charge >= 0.3 is 5.97 Å². The van der Waals surface area contributed by atoms with Gasteiger partial charge in [-0.3, -0.25) is 4.79 Å². The van der Waals surface area contributed by atoms with Gasteiger partial charge in [-0.15, -0.1) is 11.3 Å². The molecular weight excluding hydrogens is 260 g/mol. The van der Waals surface area contributed by atoms with E-state index in [9.17, 15) is 15.3 Å². The van der Waals surface area contributed by atoms with E-state index < -0.39 is 22.9 Å². The number of nitrogens with zero attached hydrogens (tertiary/aromatic N) is 2. The largest absolute Gasteiger partial charge is 0.460 e. The first-order chi connectivity index (χ1) is 8.85. The van der Waals surface area contributed by atoms with Gasteiger partial charge in [0.1, 0.15) is 5.60 Å². The molecule has 1 aromatic heterocycles. The molecule has 4 nitrogen and oxygen atoms in total. The van der Waals surface area contributed by atoms with Gasteiger partial charge in [0.2, 0.25) is 0 Å². The standard InChI is InChI=1S/C14H14N2O2S/c1-13(2,3)18-12(17)11-10(9-5-4-6-19-9)14(11,7-15)8-16/h4-6,10-11H,1-3H3/t10-,11+/m1/s1. The second-order valence-electron chi connectivity index (χ2n) is 5.60. The van der Waals surface area contributed by atoms with Crippen molar-refractivity contribution in [2.24, 2.45) is 11.3 Å². The normalized spacial score (nSPS) is 24.1. The lowest BCUT2D eigenvalue weighted by Crippen LogP contribution is -2.26. The van der Waals surface area contributed by atoms with Crippen molar-refractivity contribution in [2.45, 2.75) is 32.3 Å². The van der Waals surface area contributed by atoms with E-state index in [2.05, 4.69) is 0 Å². The average Bonchev–Trinajstić information content (AvgIpc) is 2.69. The third-order valence-corrected chi connectivity index (χ3v) is 4.04. The van der Waals surface area contributed by atoms with Crippen molar-refractivity contribution >= 4 is 17.3 Å². The summed E-state index contributed by atoms with van der Waals surface area (Å²) in [6.07, 6.45) is 0. The average molecular weight is 274 g/mol. The first kappa shape index (κ1) is 13.6. The van der Waals surface area contributed by atoms with Gasteiger partial charge in [0, 0.05) is 10.8 Å². The number of hydrogen-bond acceptors (Lipinski definition) is 5. The smallest absolute Gasteiger partial charge is 0.312 e. The van der Waals surface area contributed by atoms with Gasteiger partial charge in [0.15, 0.2) is 5.41 Å². The molecule has 0 spiro atoms. The highest BCUT2D eigenvalue weighted by molar-refractivity contribution is 7.10. The Labute approximate surface area is 116 Å². The van der Waals surface area contributed by atoms with Gasteiger partial charge in [-0.1, -0.05) is 6.07 Å². The molecule has 0 saturated heterocycles. The molecule has 5 heteroatoms. The predicted molar refractivity (Wildman–Crippen MR) is 70.1 cm³/mol. The van der Waals surface area contributed by atoms with E-state index in [0.29, 0.717) is 0 Å². The first-order valence-corrected chi connectivity index (χ1v) is 6.82. The Hall–Kier alpha value is -1.85. The molecule has 19 heavy (non-hydrogen) atoms. The fourth-order valence-electron chi connectivity index (χ4n) is 2.24. The van der Waals surface area contributed by atoms with Crippen molar-refractivity contribution in [3.05, 3.63) is 22.4 Å². The Kier molecular flexibility index (Phi) is 3.12. The highest BCUT2D eigenvalue weighted by atomic mass is 32.1. The van der Waals surface area contributed by atoms with E-state index in [1.54, 1.807) is 20.8 Å². The highest BCUT2D eigenvalue weighted by Crippen LogP contribution is 2.65. The number of hydrogen-bond donors (Lipinski definition) is 0. The Morgan fingerprint density at radius 1 is 1.42 bits per heavy atom. The van der Waals surface area contributed by atoms with Crippen LogP contribution in [0.3, 0.4) is 0 Å². The van der Waals surface area contributed by atoms with Gasteiger partial charge in [-0.05, 0) is 32.2 Å². The third kappa shape index (κ3) is 2.22. The summed E-state index contributed by atoms with van der Waals surface area (Å²) >= 11 is 1.46. The fraction of sp³-hybridized carbons (Fsp3) is 0.500. The fourth-order valence-corrected chi connectivity index (χ4v) is 3.18. The van der Waals surface area contributed by atoms with Crippen molar-refractivity contribution in [1.29, 1.82) is 10.5 Å². The second-order valence-corrected chi connectivity index (χ2v) is 6.58. The Balaban J connectivity index is 2.28. The number of thiophene rings is 1. The monoisotopic (exact) mass is 274 g/mol. The number of ether oxygens (including phenoxy) is 1. The van der Waals surface area contributed by atoms with Crippen LogP contribution in [0.1, 0.15) is 31.6 Å². The van der Waals surface area contributed by atoms with Crippen molar-refractivity contribution < 1.29 is 9.53 Å². The Morgan fingerprint density at radius 3 is 2.47 bits per heavy atom. The summed E-state index contributed by atoms with van der Waals surface area (Å²) in [5.74, 6) is -1.51. The van der Waals surface area contributed by atoms with Gasteiger partial charge in [0.25, 0.3) is 0 Å². The molecule has 1 fully saturated rings. The molecule has 0 aromatic carbocycles. The molecule has 0 amide bonds. The minimum atomic E-state index is -1.27. The molecule has 2 rings (SSSR count). The summed E-state index contributed by atoms with van der Waals surface area (Å²) in [5, 5.41) is 20.4. The zero-order valence-corrected chi connectivity index (χ0v) is 11.8. The molecule has 0 unspecified atom stereocenters. The maximum atomic E-state index is 12.1. The van der Waals surface area contributed by atoms with Crippen LogP contribution in [0, 0.1) is 34.0 Å². The lowest BCUT2D eigenvalue weighted by Gasteiger charge is -2.19. The van der Waals surface area contributed by atoms with E-state index in [0.717, 1.165) is 4.88 Å². The topological polar surface area (TPSA) is 73.9 Å². The minimum absolute atomic E-state index is 0.364. The maximum Gasteiger partial charge on any atom is 0.312 e. The molecule has 1 heterocycles. The molecule has 1 aromatic rings. The van der Waals surface area contributed by atoms with Gasteiger partial charge < -0.3 is 4.74 Å². The minimum Gasteiger partial charge on any atom is -0.460 e. The van der Waals surface area contributed by atoms with Crippen LogP contribution in [-0.2, 0) is 9.53 Å². The summed E-state index contributed by atoms with van der Waals surface area (Å²) in [4.78, 5) is 13.0.